The van der Waals surface area contributed by atoms with Crippen molar-refractivity contribution < 1.29 is 28.1 Å². The van der Waals surface area contributed by atoms with Gasteiger partial charge in [0.2, 0.25) is 0 Å². The summed E-state index contributed by atoms with van der Waals surface area (Å²) in [4.78, 5) is 3.68. The van der Waals surface area contributed by atoms with E-state index in [1.54, 1.807) is 24.3 Å². The van der Waals surface area contributed by atoms with Crippen LogP contribution in [0.2, 0.25) is 10.2 Å². The Morgan fingerprint density at radius 2 is 1.66 bits per heavy atom. The number of rotatable bonds is 7. The van der Waals surface area contributed by atoms with E-state index in [9.17, 15) is 18.3 Å². The third-order valence-electron chi connectivity index (χ3n) is 5.27. The van der Waals surface area contributed by atoms with Gasteiger partial charge >= 0.3 is 6.18 Å². The highest BCUT2D eigenvalue weighted by Gasteiger charge is 2.59. The summed E-state index contributed by atoms with van der Waals surface area (Å²) in [7, 11) is 0. The second-order valence-corrected chi connectivity index (χ2v) is 8.09. The number of aliphatic hydroxyl groups is 2. The van der Waals surface area contributed by atoms with Crippen LogP contribution in [-0.2, 0) is 18.8 Å². The number of hydrogen-bond acceptors (Lipinski definition) is 4. The molecule has 0 aliphatic heterocycles. The maximum atomic E-state index is 14.0. The molecule has 9 heteroatoms. The second kappa shape index (κ2) is 9.67. The first-order valence-corrected chi connectivity index (χ1v) is 10.3. The van der Waals surface area contributed by atoms with E-state index in [1.807, 2.05) is 0 Å². The topological polar surface area (TPSA) is 62.6 Å². The van der Waals surface area contributed by atoms with Crippen LogP contribution in [0.4, 0.5) is 13.2 Å². The fourth-order valence-electron chi connectivity index (χ4n) is 3.38. The molecule has 4 nitrogen and oxygen atoms in total. The number of ether oxygens (including phenoxy) is 1. The molecule has 2 atom stereocenters. The van der Waals surface area contributed by atoms with Gasteiger partial charge in [0.1, 0.15) is 17.5 Å². The van der Waals surface area contributed by atoms with Gasteiger partial charge in [-0.3, -0.25) is 0 Å². The van der Waals surface area contributed by atoms with Crippen molar-refractivity contribution in [2.24, 2.45) is 0 Å². The molecule has 0 bridgehead atoms. The Morgan fingerprint density at radius 1 is 1.00 bits per heavy atom. The zero-order valence-corrected chi connectivity index (χ0v) is 18.4. The molecule has 2 unspecified atom stereocenters. The lowest BCUT2D eigenvalue weighted by atomic mass is 9.78. The maximum absolute atomic E-state index is 14.0. The molecule has 0 saturated carbocycles. The van der Waals surface area contributed by atoms with E-state index >= 15 is 0 Å². The zero-order valence-electron chi connectivity index (χ0n) is 16.9. The van der Waals surface area contributed by atoms with Gasteiger partial charge in [0, 0.05) is 17.1 Å². The zero-order chi connectivity index (χ0) is 23.5. The van der Waals surface area contributed by atoms with Crippen molar-refractivity contribution in [1.29, 1.82) is 0 Å². The molecule has 0 aliphatic carbocycles. The highest BCUT2D eigenvalue weighted by atomic mass is 35.5. The minimum Gasteiger partial charge on any atom is -0.489 e. The van der Waals surface area contributed by atoms with E-state index in [2.05, 4.69) is 4.98 Å². The Balaban J connectivity index is 1.86. The molecule has 0 amide bonds. The summed E-state index contributed by atoms with van der Waals surface area (Å²) in [6.07, 6.45) is -3.90. The number of alkyl halides is 3. The lowest BCUT2D eigenvalue weighted by Gasteiger charge is -2.37. The highest BCUT2D eigenvalue weighted by Crippen LogP contribution is 2.50. The van der Waals surface area contributed by atoms with E-state index in [0.29, 0.717) is 5.75 Å². The Hall–Kier alpha value is -2.32. The molecule has 1 heterocycles. The molecule has 2 N–H and O–H groups in total. The van der Waals surface area contributed by atoms with Crippen molar-refractivity contribution in [2.75, 3.05) is 0 Å². The van der Waals surface area contributed by atoms with Crippen LogP contribution in [0.15, 0.2) is 60.8 Å². The number of hydrogen-bond donors (Lipinski definition) is 2. The molecule has 0 spiro atoms. The van der Waals surface area contributed by atoms with E-state index < -0.39 is 23.3 Å². The number of aromatic nitrogens is 1. The molecule has 0 aliphatic rings. The molecular weight excluding hydrogens is 466 g/mol. The monoisotopic (exact) mass is 485 g/mol. The van der Waals surface area contributed by atoms with Crippen LogP contribution in [0.5, 0.6) is 5.75 Å². The van der Waals surface area contributed by atoms with Crippen LogP contribution in [0.1, 0.15) is 35.1 Å². The van der Waals surface area contributed by atoms with Crippen LogP contribution in [0, 0.1) is 0 Å². The van der Waals surface area contributed by atoms with Gasteiger partial charge in [0.15, 0.2) is 5.60 Å². The number of nitrogens with zero attached hydrogens (tertiary/aromatic N) is 1. The van der Waals surface area contributed by atoms with E-state index in [-0.39, 0.29) is 29.0 Å². The first-order valence-electron chi connectivity index (χ1n) is 9.58. The average Bonchev–Trinajstić information content (AvgIpc) is 2.76. The first-order chi connectivity index (χ1) is 15.1. The Labute approximate surface area is 193 Å². The predicted octanol–water partition coefficient (Wildman–Crippen LogP) is 6.01. The molecule has 2 aromatic carbocycles. The van der Waals surface area contributed by atoms with Gasteiger partial charge in [-0.25, -0.2) is 4.98 Å². The van der Waals surface area contributed by atoms with E-state index in [4.69, 9.17) is 33.0 Å². The van der Waals surface area contributed by atoms with Gasteiger partial charge in [-0.15, -0.1) is 0 Å². The lowest BCUT2D eigenvalue weighted by molar-refractivity contribution is -0.274. The van der Waals surface area contributed by atoms with Crippen molar-refractivity contribution in [2.45, 2.75) is 37.8 Å². The average molecular weight is 486 g/mol. The normalized spacial score (nSPS) is 14.6. The molecule has 0 radical (unpaired) electrons. The summed E-state index contributed by atoms with van der Waals surface area (Å²) in [5.41, 5.74) is -1.96. The fourth-order valence-corrected chi connectivity index (χ4v) is 3.89. The minimum atomic E-state index is -5.00. The molecule has 0 saturated heterocycles. The molecule has 0 fully saturated rings. The smallest absolute Gasteiger partial charge is 0.422 e. The van der Waals surface area contributed by atoms with Crippen LogP contribution < -0.4 is 4.74 Å². The van der Waals surface area contributed by atoms with Crippen molar-refractivity contribution in [3.8, 4) is 5.75 Å². The minimum absolute atomic E-state index is 0.0217. The fraction of sp³-hybridized carbons (Fsp3) is 0.261. The predicted molar refractivity (Wildman–Crippen MR) is 116 cm³/mol. The van der Waals surface area contributed by atoms with Crippen molar-refractivity contribution in [3.63, 3.8) is 0 Å². The van der Waals surface area contributed by atoms with Gasteiger partial charge < -0.3 is 14.9 Å². The second-order valence-electron chi connectivity index (χ2n) is 7.30. The SMILES string of the molecule is CC(c1ccc(OCc2ccc(CO)cc2)cc1Cl)C(O)(c1ccnc(Cl)c1)C(F)(F)F. The summed E-state index contributed by atoms with van der Waals surface area (Å²) < 4.78 is 47.8. The number of pyridine rings is 1. The summed E-state index contributed by atoms with van der Waals surface area (Å²) in [6.45, 7) is 1.39. The number of aliphatic hydroxyl groups excluding tert-OH is 1. The third kappa shape index (κ3) is 5.02. The molecule has 170 valence electrons. The van der Waals surface area contributed by atoms with E-state index in [0.717, 1.165) is 29.5 Å². The van der Waals surface area contributed by atoms with E-state index in [1.165, 1.54) is 25.1 Å². The molecule has 3 rings (SSSR count). The van der Waals surface area contributed by atoms with Crippen LogP contribution in [0.25, 0.3) is 0 Å². The summed E-state index contributed by atoms with van der Waals surface area (Å²) >= 11 is 12.1. The first kappa shape index (κ1) is 24.3. The van der Waals surface area contributed by atoms with Gasteiger partial charge in [0.25, 0.3) is 0 Å². The van der Waals surface area contributed by atoms with Gasteiger partial charge in [0.05, 0.1) is 6.61 Å². The Bertz CT molecular complexity index is 1080. The summed E-state index contributed by atoms with van der Waals surface area (Å²) in [6, 6.07) is 13.5. The maximum Gasteiger partial charge on any atom is 0.422 e. The molecule has 32 heavy (non-hydrogen) atoms. The van der Waals surface area contributed by atoms with Gasteiger partial charge in [-0.1, -0.05) is 60.5 Å². The largest absolute Gasteiger partial charge is 0.489 e. The van der Waals surface area contributed by atoms with Crippen LogP contribution in [0.3, 0.4) is 0 Å². The molecular formula is C23H20Cl2F3NO3. The summed E-state index contributed by atoms with van der Waals surface area (Å²) in [5.74, 6) is -1.09. The van der Waals surface area contributed by atoms with Crippen molar-refractivity contribution >= 4 is 23.2 Å². The molecule has 3 aromatic rings. The number of halogens is 5. The third-order valence-corrected chi connectivity index (χ3v) is 5.81. The Morgan fingerprint density at radius 3 is 2.22 bits per heavy atom. The molecule has 1 aromatic heterocycles. The van der Waals surface area contributed by atoms with Gasteiger partial charge in [-0.05, 0) is 46.5 Å². The number of benzene rings is 2. The van der Waals surface area contributed by atoms with Crippen LogP contribution >= 0.6 is 23.2 Å². The standard InChI is InChI=1S/C23H20Cl2F3NO3/c1-14(22(31,23(26,27)28)17-8-9-29-21(25)10-17)19-7-6-18(11-20(19)24)32-13-16-4-2-15(12-30)3-5-16/h2-11,14,30-31H,12-13H2,1H3. The van der Waals surface area contributed by atoms with Gasteiger partial charge in [-0.2, -0.15) is 13.2 Å². The lowest BCUT2D eigenvalue weighted by Crippen LogP contribution is -2.46. The quantitative estimate of drug-likeness (QED) is 0.402. The van der Waals surface area contributed by atoms with Crippen molar-refractivity contribution in [1.82, 2.24) is 4.98 Å². The highest BCUT2D eigenvalue weighted by molar-refractivity contribution is 6.31. The summed E-state index contributed by atoms with van der Waals surface area (Å²) in [5, 5.41) is 19.8. The van der Waals surface area contributed by atoms with Crippen molar-refractivity contribution in [3.05, 3.63) is 93.2 Å². The Kier molecular flexibility index (Phi) is 7.35. The van der Waals surface area contributed by atoms with Crippen LogP contribution in [-0.4, -0.2) is 21.4 Å².